The molecule has 0 radical (unpaired) electrons. The van der Waals surface area contributed by atoms with E-state index >= 15 is 0 Å². The molecule has 0 spiro atoms. The number of ketones is 1. The standard InChI is InChI=1S/C48H64N6O10S2/c1-65(61,62)50-30-18-17-29-41(45(57)53-42(34-35-20-8-6-9-21-35)43(55)46(58)49-31-32-51-66(63,64)37-24-10-7-11-25-37)52-44(56)38(36-22-13-14-23-36)26-12-4-2-3-5-19-33-54-47(59)39-27-15-16-28-40(39)48(54)60/h6-11,15-16,20-21,24-25,27-28,36,38,41-42,50-51H,2-5,12-14,17-19,22-23,26,29-34H2,1H3,(H,49,58)(H,52,56)(H,53,57)/t38?,41-,42-/m0/s1. The minimum Gasteiger partial charge on any atom is -0.348 e. The summed E-state index contributed by atoms with van der Waals surface area (Å²) in [7, 11) is -7.30. The molecule has 18 heteroatoms. The molecule has 66 heavy (non-hydrogen) atoms. The van der Waals surface area contributed by atoms with E-state index in [9.17, 15) is 45.6 Å². The number of Topliss-reactive ketones (excluding diaryl/α,β-unsaturated/α-hetero) is 1. The first-order valence-corrected chi connectivity index (χ1v) is 26.4. The van der Waals surface area contributed by atoms with Crippen LogP contribution in [0.1, 0.15) is 116 Å². The molecule has 3 aromatic carbocycles. The molecular formula is C48H64N6O10S2. The number of amides is 5. The number of hydrogen-bond acceptors (Lipinski definition) is 10. The number of nitrogens with zero attached hydrogens (tertiary/aromatic N) is 1. The number of imide groups is 1. The van der Waals surface area contributed by atoms with Crippen LogP contribution >= 0.6 is 0 Å². The van der Waals surface area contributed by atoms with Crippen LogP contribution in [-0.2, 0) is 45.6 Å². The van der Waals surface area contributed by atoms with E-state index in [0.29, 0.717) is 48.9 Å². The van der Waals surface area contributed by atoms with Crippen molar-refractivity contribution >= 4 is 55.4 Å². The third-order valence-corrected chi connectivity index (χ3v) is 14.3. The Morgan fingerprint density at radius 1 is 0.621 bits per heavy atom. The molecule has 2 aliphatic rings. The van der Waals surface area contributed by atoms with Crippen molar-refractivity contribution in [2.24, 2.45) is 11.8 Å². The molecule has 1 aliphatic carbocycles. The van der Waals surface area contributed by atoms with E-state index in [1.54, 1.807) is 72.8 Å². The highest BCUT2D eigenvalue weighted by Crippen LogP contribution is 2.35. The molecule has 358 valence electrons. The molecule has 5 rings (SSSR count). The fourth-order valence-corrected chi connectivity index (χ4v) is 10.2. The van der Waals surface area contributed by atoms with Gasteiger partial charge in [-0.05, 0) is 80.7 Å². The fraction of sp³-hybridized carbons (Fsp3) is 0.500. The van der Waals surface area contributed by atoms with Crippen molar-refractivity contribution in [3.8, 4) is 0 Å². The molecular weight excluding hydrogens is 885 g/mol. The number of sulfonamides is 2. The van der Waals surface area contributed by atoms with Gasteiger partial charge in [-0.25, -0.2) is 26.3 Å². The summed E-state index contributed by atoms with van der Waals surface area (Å²) in [5.41, 5.74) is 1.56. The molecule has 1 unspecified atom stereocenters. The lowest BCUT2D eigenvalue weighted by atomic mass is 9.85. The lowest BCUT2D eigenvalue weighted by Crippen LogP contribution is -2.55. The highest BCUT2D eigenvalue weighted by Gasteiger charge is 2.36. The number of nitrogens with one attached hydrogen (secondary N) is 5. The van der Waals surface area contributed by atoms with E-state index in [1.807, 2.05) is 0 Å². The minimum atomic E-state index is -3.86. The average molecular weight is 949 g/mol. The van der Waals surface area contributed by atoms with E-state index in [0.717, 1.165) is 64.0 Å². The van der Waals surface area contributed by atoms with Crippen LogP contribution in [0.25, 0.3) is 0 Å². The molecule has 1 saturated carbocycles. The topological polar surface area (TPSA) is 234 Å². The smallest absolute Gasteiger partial charge is 0.289 e. The lowest BCUT2D eigenvalue weighted by Gasteiger charge is -2.27. The first-order valence-electron chi connectivity index (χ1n) is 23.1. The second-order valence-corrected chi connectivity index (χ2v) is 20.8. The Bertz CT molecular complexity index is 2310. The summed E-state index contributed by atoms with van der Waals surface area (Å²) in [6.45, 7) is 0.0995. The summed E-state index contributed by atoms with van der Waals surface area (Å²) in [6, 6.07) is 20.9. The predicted molar refractivity (Wildman–Crippen MR) is 250 cm³/mol. The molecule has 3 atom stereocenters. The van der Waals surface area contributed by atoms with E-state index < -0.39 is 49.7 Å². The van der Waals surface area contributed by atoms with Crippen LogP contribution in [-0.4, -0.2) is 102 Å². The highest BCUT2D eigenvalue weighted by molar-refractivity contribution is 7.89. The van der Waals surface area contributed by atoms with Crippen LogP contribution in [0.5, 0.6) is 0 Å². The summed E-state index contributed by atoms with van der Waals surface area (Å²) in [5.74, 6) is -3.61. The van der Waals surface area contributed by atoms with Crippen LogP contribution in [0.15, 0.2) is 89.8 Å². The molecule has 5 amide bonds. The van der Waals surface area contributed by atoms with E-state index in [2.05, 4.69) is 25.4 Å². The van der Waals surface area contributed by atoms with Crippen molar-refractivity contribution in [1.29, 1.82) is 0 Å². The first-order chi connectivity index (χ1) is 31.6. The van der Waals surface area contributed by atoms with E-state index in [4.69, 9.17) is 0 Å². The molecule has 5 N–H and O–H groups in total. The molecule has 16 nitrogen and oxygen atoms in total. The van der Waals surface area contributed by atoms with Gasteiger partial charge in [0.1, 0.15) is 12.1 Å². The Morgan fingerprint density at radius 3 is 1.82 bits per heavy atom. The average Bonchev–Trinajstić information content (AvgIpc) is 3.92. The number of fused-ring (bicyclic) bond motifs is 1. The molecule has 1 fully saturated rings. The summed E-state index contributed by atoms with van der Waals surface area (Å²) in [6.07, 6.45) is 11.3. The molecule has 3 aromatic rings. The Hall–Kier alpha value is -5.30. The second kappa shape index (κ2) is 25.6. The van der Waals surface area contributed by atoms with Crippen LogP contribution in [0.4, 0.5) is 0 Å². The SMILES string of the molecule is CS(=O)(=O)NCCCC[C@H](NC(=O)C(CCCCCCCCN1C(=O)c2ccccc2C1=O)C1CCCC1)C(=O)N[C@@H](Cc1ccccc1)C(=O)C(=O)NCCNS(=O)(=O)c1ccccc1. The lowest BCUT2D eigenvalue weighted by molar-refractivity contribution is -0.140. The van der Waals surface area contributed by atoms with Crippen molar-refractivity contribution in [3.05, 3.63) is 102 Å². The number of carbonyl (C=O) groups is 6. The number of unbranched alkanes of at least 4 members (excludes halogenated alkanes) is 6. The maximum absolute atomic E-state index is 14.2. The molecule has 0 saturated heterocycles. The third-order valence-electron chi connectivity index (χ3n) is 12.1. The summed E-state index contributed by atoms with van der Waals surface area (Å²) < 4.78 is 53.5. The van der Waals surface area contributed by atoms with Gasteiger partial charge in [0.25, 0.3) is 17.7 Å². The molecule has 1 aliphatic heterocycles. The van der Waals surface area contributed by atoms with Gasteiger partial charge in [0.15, 0.2) is 0 Å². The number of carbonyl (C=O) groups excluding carboxylic acids is 6. The van der Waals surface area contributed by atoms with Crippen LogP contribution in [0, 0.1) is 11.8 Å². The zero-order valence-electron chi connectivity index (χ0n) is 37.7. The van der Waals surface area contributed by atoms with Gasteiger partial charge in [0, 0.05) is 38.5 Å². The number of rotatable bonds is 29. The Labute approximate surface area is 388 Å². The van der Waals surface area contributed by atoms with Crippen molar-refractivity contribution in [1.82, 2.24) is 30.3 Å². The van der Waals surface area contributed by atoms with Gasteiger partial charge in [-0.15, -0.1) is 0 Å². The predicted octanol–water partition coefficient (Wildman–Crippen LogP) is 4.42. The Kier molecular flexibility index (Phi) is 20.0. The second-order valence-electron chi connectivity index (χ2n) is 17.2. The van der Waals surface area contributed by atoms with Crippen molar-refractivity contribution in [2.45, 2.75) is 113 Å². The molecule has 0 bridgehead atoms. The van der Waals surface area contributed by atoms with Crippen LogP contribution in [0.3, 0.4) is 0 Å². The first kappa shape index (κ1) is 51.7. The molecule has 0 aromatic heterocycles. The normalized spacial score (nSPS) is 15.5. The zero-order chi connectivity index (χ0) is 47.5. The Balaban J connectivity index is 1.18. The van der Waals surface area contributed by atoms with Gasteiger partial charge < -0.3 is 16.0 Å². The van der Waals surface area contributed by atoms with Gasteiger partial charge in [0.05, 0.1) is 22.3 Å². The molecule has 1 heterocycles. The van der Waals surface area contributed by atoms with Gasteiger partial charge in [-0.1, -0.05) is 106 Å². The van der Waals surface area contributed by atoms with Gasteiger partial charge in [-0.3, -0.25) is 33.7 Å². The van der Waals surface area contributed by atoms with Crippen molar-refractivity contribution in [3.63, 3.8) is 0 Å². The summed E-state index contributed by atoms with van der Waals surface area (Å²) in [4.78, 5) is 82.2. The summed E-state index contributed by atoms with van der Waals surface area (Å²) in [5, 5.41) is 8.18. The largest absolute Gasteiger partial charge is 0.348 e. The minimum absolute atomic E-state index is 0.0358. The van der Waals surface area contributed by atoms with Crippen molar-refractivity contribution in [2.75, 3.05) is 32.4 Å². The summed E-state index contributed by atoms with van der Waals surface area (Å²) >= 11 is 0. The number of hydrogen-bond donors (Lipinski definition) is 5. The monoisotopic (exact) mass is 948 g/mol. The van der Waals surface area contributed by atoms with Gasteiger partial charge >= 0.3 is 0 Å². The van der Waals surface area contributed by atoms with Crippen LogP contribution in [0.2, 0.25) is 0 Å². The van der Waals surface area contributed by atoms with Crippen molar-refractivity contribution < 1.29 is 45.6 Å². The Morgan fingerprint density at radius 2 is 1.18 bits per heavy atom. The third kappa shape index (κ3) is 15.9. The maximum Gasteiger partial charge on any atom is 0.289 e. The van der Waals surface area contributed by atoms with Gasteiger partial charge in [0.2, 0.25) is 37.6 Å². The number of benzene rings is 3. The zero-order valence-corrected chi connectivity index (χ0v) is 39.3. The maximum atomic E-state index is 14.2. The van der Waals surface area contributed by atoms with E-state index in [-0.39, 0.29) is 66.9 Å². The fourth-order valence-electron chi connectivity index (χ4n) is 8.62. The quantitative estimate of drug-likeness (QED) is 0.0374. The van der Waals surface area contributed by atoms with E-state index in [1.165, 1.54) is 17.0 Å². The highest BCUT2D eigenvalue weighted by atomic mass is 32.2. The van der Waals surface area contributed by atoms with Gasteiger partial charge in [-0.2, -0.15) is 0 Å². The van der Waals surface area contributed by atoms with Crippen LogP contribution < -0.4 is 25.4 Å².